The third-order valence-electron chi connectivity index (χ3n) is 5.66. The third kappa shape index (κ3) is 4.74. The molecule has 0 bridgehead atoms. The highest BCUT2D eigenvalue weighted by atomic mass is 32.1. The summed E-state index contributed by atoms with van der Waals surface area (Å²) in [4.78, 5) is 20.6. The van der Waals surface area contributed by atoms with Crippen LogP contribution >= 0.6 is 11.3 Å². The predicted octanol–water partition coefficient (Wildman–Crippen LogP) is 7.25. The minimum absolute atomic E-state index is 0.184. The second kappa shape index (κ2) is 9.99. The van der Waals surface area contributed by atoms with Crippen molar-refractivity contribution in [2.24, 2.45) is 0 Å². The van der Waals surface area contributed by atoms with E-state index in [1.54, 1.807) is 18.1 Å². The average molecular weight is 481 g/mol. The molecular weight excluding hydrogens is 456 g/mol. The normalized spacial score (nSPS) is 10.8. The van der Waals surface area contributed by atoms with Crippen LogP contribution in [0.2, 0.25) is 0 Å². The molecule has 5 rings (SSSR count). The van der Waals surface area contributed by atoms with Gasteiger partial charge in [-0.2, -0.15) is 0 Å². The summed E-state index contributed by atoms with van der Waals surface area (Å²) in [6.07, 6.45) is 0. The van der Waals surface area contributed by atoms with Crippen LogP contribution in [0.4, 0.5) is 5.13 Å². The number of para-hydroxylation sites is 2. The van der Waals surface area contributed by atoms with E-state index >= 15 is 0 Å². The van der Waals surface area contributed by atoms with Gasteiger partial charge < -0.3 is 9.47 Å². The van der Waals surface area contributed by atoms with Gasteiger partial charge in [0.05, 0.1) is 23.9 Å². The molecule has 35 heavy (non-hydrogen) atoms. The van der Waals surface area contributed by atoms with Crippen molar-refractivity contribution in [3.05, 3.63) is 114 Å². The molecule has 0 saturated carbocycles. The van der Waals surface area contributed by atoms with Crippen molar-refractivity contribution in [2.45, 2.75) is 13.5 Å². The molecule has 174 valence electrons. The summed E-state index contributed by atoms with van der Waals surface area (Å²) in [5.74, 6) is 1.67. The molecule has 0 radical (unpaired) electrons. The number of amides is 1. The molecule has 0 aliphatic heterocycles. The van der Waals surface area contributed by atoms with E-state index in [1.165, 1.54) is 11.3 Å². The van der Waals surface area contributed by atoms with Gasteiger partial charge in [-0.3, -0.25) is 9.69 Å². The number of nitrogens with zero attached hydrogens (tertiary/aromatic N) is 2. The van der Waals surface area contributed by atoms with Crippen molar-refractivity contribution in [3.63, 3.8) is 0 Å². The van der Waals surface area contributed by atoms with E-state index < -0.39 is 0 Å². The number of carbonyl (C=O) groups excluding carboxylic acids is 1. The van der Waals surface area contributed by atoms with E-state index in [4.69, 9.17) is 14.5 Å². The molecular formula is C29H24N2O3S. The van der Waals surface area contributed by atoms with Crippen molar-refractivity contribution >= 4 is 32.6 Å². The van der Waals surface area contributed by atoms with Crippen LogP contribution in [-0.2, 0) is 6.54 Å². The van der Waals surface area contributed by atoms with Gasteiger partial charge >= 0.3 is 0 Å². The van der Waals surface area contributed by atoms with E-state index in [9.17, 15) is 4.79 Å². The molecule has 0 unspecified atom stereocenters. The van der Waals surface area contributed by atoms with Gasteiger partial charge in [-0.15, -0.1) is 0 Å². The number of aryl methyl sites for hydroxylation is 1. The number of aromatic nitrogens is 1. The monoisotopic (exact) mass is 480 g/mol. The zero-order valence-electron chi connectivity index (χ0n) is 19.5. The molecule has 5 aromatic rings. The number of anilines is 1. The maximum Gasteiger partial charge on any atom is 0.264 e. The predicted molar refractivity (Wildman–Crippen MR) is 141 cm³/mol. The molecule has 1 aromatic heterocycles. The van der Waals surface area contributed by atoms with Crippen molar-refractivity contribution < 1.29 is 14.3 Å². The van der Waals surface area contributed by atoms with Crippen molar-refractivity contribution in [1.82, 2.24) is 4.98 Å². The van der Waals surface area contributed by atoms with Gasteiger partial charge in [0.25, 0.3) is 5.91 Å². The molecule has 0 aliphatic rings. The summed E-state index contributed by atoms with van der Waals surface area (Å²) < 4.78 is 12.6. The molecule has 1 heterocycles. The Morgan fingerprint density at radius 2 is 1.54 bits per heavy atom. The van der Waals surface area contributed by atoms with Crippen LogP contribution < -0.4 is 14.4 Å². The third-order valence-corrected chi connectivity index (χ3v) is 6.87. The molecule has 0 N–H and O–H groups in total. The fraction of sp³-hybridized carbons (Fsp3) is 0.103. The minimum Gasteiger partial charge on any atom is -0.494 e. The molecule has 0 saturated heterocycles. The fourth-order valence-electron chi connectivity index (χ4n) is 3.86. The Morgan fingerprint density at radius 3 is 2.29 bits per heavy atom. The van der Waals surface area contributed by atoms with Crippen molar-refractivity contribution in [3.8, 4) is 17.2 Å². The molecule has 0 spiro atoms. The largest absolute Gasteiger partial charge is 0.494 e. The average Bonchev–Trinajstić information content (AvgIpc) is 3.35. The number of benzene rings is 4. The fourth-order valence-corrected chi connectivity index (χ4v) is 4.91. The summed E-state index contributed by atoms with van der Waals surface area (Å²) in [5.41, 5.74) is 3.32. The Hall–Kier alpha value is -4.16. The summed E-state index contributed by atoms with van der Waals surface area (Å²) >= 11 is 1.49. The van der Waals surface area contributed by atoms with Crippen LogP contribution in [-0.4, -0.2) is 18.0 Å². The molecule has 1 amide bonds. The first-order valence-electron chi connectivity index (χ1n) is 11.3. The van der Waals surface area contributed by atoms with E-state index in [2.05, 4.69) is 0 Å². The van der Waals surface area contributed by atoms with E-state index in [0.29, 0.717) is 34.5 Å². The van der Waals surface area contributed by atoms with Gasteiger partial charge in [-0.1, -0.05) is 78.1 Å². The van der Waals surface area contributed by atoms with Gasteiger partial charge in [-0.25, -0.2) is 4.98 Å². The first kappa shape index (κ1) is 22.6. The lowest BCUT2D eigenvalue weighted by Gasteiger charge is -2.21. The van der Waals surface area contributed by atoms with Gasteiger partial charge in [0.15, 0.2) is 5.13 Å². The second-order valence-corrected chi connectivity index (χ2v) is 9.02. The topological polar surface area (TPSA) is 51.7 Å². The van der Waals surface area contributed by atoms with Gasteiger partial charge in [0.2, 0.25) is 0 Å². The second-order valence-electron chi connectivity index (χ2n) is 8.05. The lowest BCUT2D eigenvalue weighted by molar-refractivity contribution is 0.0983. The molecule has 0 atom stereocenters. The molecule has 0 aliphatic carbocycles. The number of thiazole rings is 1. The number of hydrogen-bond donors (Lipinski definition) is 0. The Morgan fingerprint density at radius 1 is 0.857 bits per heavy atom. The van der Waals surface area contributed by atoms with E-state index in [-0.39, 0.29) is 5.91 Å². The van der Waals surface area contributed by atoms with Gasteiger partial charge in [0, 0.05) is 0 Å². The maximum absolute atomic E-state index is 14.1. The number of methoxy groups -OCH3 is 1. The quantitative estimate of drug-likeness (QED) is 0.246. The van der Waals surface area contributed by atoms with E-state index in [0.717, 1.165) is 21.3 Å². The number of fused-ring (bicyclic) bond motifs is 1. The van der Waals surface area contributed by atoms with Crippen LogP contribution in [0, 0.1) is 6.92 Å². The Labute approximate surface area is 208 Å². The maximum atomic E-state index is 14.1. The SMILES string of the molecule is COc1ccc(C)c2sc(N(Cc3ccccc3)C(=O)c3ccccc3Oc3ccccc3)nc12. The Balaban J connectivity index is 1.59. The summed E-state index contributed by atoms with van der Waals surface area (Å²) in [5, 5.41) is 0.607. The smallest absolute Gasteiger partial charge is 0.264 e. The first-order chi connectivity index (χ1) is 17.1. The highest BCUT2D eigenvalue weighted by Gasteiger charge is 2.25. The number of carbonyl (C=O) groups is 1. The molecule has 5 nitrogen and oxygen atoms in total. The van der Waals surface area contributed by atoms with E-state index in [1.807, 2.05) is 97.9 Å². The molecule has 6 heteroatoms. The van der Waals surface area contributed by atoms with Crippen LogP contribution in [0.5, 0.6) is 17.2 Å². The van der Waals surface area contributed by atoms with Crippen molar-refractivity contribution in [1.29, 1.82) is 0 Å². The first-order valence-corrected chi connectivity index (χ1v) is 12.1. The number of ether oxygens (including phenoxy) is 2. The number of rotatable bonds is 7. The van der Waals surface area contributed by atoms with Crippen LogP contribution in [0.1, 0.15) is 21.5 Å². The minimum atomic E-state index is -0.184. The standard InChI is InChI=1S/C29H24N2O3S/c1-20-17-18-25(33-2)26-27(20)35-29(30-26)31(19-21-11-5-3-6-12-21)28(32)23-15-9-10-16-24(23)34-22-13-7-4-8-14-22/h3-18H,19H2,1-2H3. The lowest BCUT2D eigenvalue weighted by Crippen LogP contribution is -2.30. The highest BCUT2D eigenvalue weighted by Crippen LogP contribution is 2.38. The van der Waals surface area contributed by atoms with Gasteiger partial charge in [-0.05, 0) is 48.4 Å². The molecule has 4 aromatic carbocycles. The Kier molecular flexibility index (Phi) is 6.46. The lowest BCUT2D eigenvalue weighted by atomic mass is 10.1. The number of hydrogen-bond acceptors (Lipinski definition) is 5. The zero-order valence-corrected chi connectivity index (χ0v) is 20.3. The van der Waals surface area contributed by atoms with Gasteiger partial charge in [0.1, 0.15) is 22.8 Å². The molecule has 0 fully saturated rings. The summed E-state index contributed by atoms with van der Waals surface area (Å²) in [6.45, 7) is 2.41. The summed E-state index contributed by atoms with van der Waals surface area (Å²) in [7, 11) is 1.63. The Bertz CT molecular complexity index is 1470. The van der Waals surface area contributed by atoms with Crippen LogP contribution in [0.3, 0.4) is 0 Å². The van der Waals surface area contributed by atoms with Crippen molar-refractivity contribution in [2.75, 3.05) is 12.0 Å². The highest BCUT2D eigenvalue weighted by molar-refractivity contribution is 7.22. The van der Waals surface area contributed by atoms with Crippen LogP contribution in [0.25, 0.3) is 10.2 Å². The summed E-state index contributed by atoms with van der Waals surface area (Å²) in [6, 6.07) is 30.6. The zero-order chi connectivity index (χ0) is 24.2. The van der Waals surface area contributed by atoms with Crippen LogP contribution in [0.15, 0.2) is 97.1 Å².